The highest BCUT2D eigenvalue weighted by molar-refractivity contribution is 5.75. The van der Waals surface area contributed by atoms with Gasteiger partial charge in [0.25, 0.3) is 0 Å². The summed E-state index contributed by atoms with van der Waals surface area (Å²) in [6.45, 7) is 1.52. The molecule has 112 valence electrons. The average Bonchev–Trinajstić information content (AvgIpc) is 2.87. The second-order valence-electron chi connectivity index (χ2n) is 7.67. The predicted molar refractivity (Wildman–Crippen MR) is 76.4 cm³/mol. The number of rotatable bonds is 3. The summed E-state index contributed by atoms with van der Waals surface area (Å²) in [6, 6.07) is 0.0300. The summed E-state index contributed by atoms with van der Waals surface area (Å²) in [7, 11) is 0. The van der Waals surface area contributed by atoms with Crippen molar-refractivity contribution in [3.63, 3.8) is 0 Å². The lowest BCUT2D eigenvalue weighted by Gasteiger charge is -2.56. The Morgan fingerprint density at radius 3 is 2.30 bits per heavy atom. The van der Waals surface area contributed by atoms with Crippen LogP contribution in [-0.4, -0.2) is 30.8 Å². The Bertz CT molecular complexity index is 355. The molecule has 5 aliphatic rings. The first-order valence-electron chi connectivity index (χ1n) is 8.38. The molecule has 2 amide bonds. The number of amides is 2. The lowest BCUT2D eigenvalue weighted by atomic mass is 9.53. The fraction of sp³-hybridized carbons (Fsp3) is 0.938. The summed E-state index contributed by atoms with van der Waals surface area (Å²) in [5, 5.41) is 6.37. The van der Waals surface area contributed by atoms with Gasteiger partial charge in [-0.05, 0) is 69.1 Å². The van der Waals surface area contributed by atoms with E-state index in [9.17, 15) is 4.79 Å². The molecule has 4 saturated carbocycles. The summed E-state index contributed by atoms with van der Waals surface area (Å²) in [5.74, 6) is 2.62. The number of hydrogen-bond donors (Lipinski definition) is 2. The van der Waals surface area contributed by atoms with E-state index >= 15 is 0 Å². The molecule has 1 unspecified atom stereocenters. The Morgan fingerprint density at radius 1 is 1.10 bits per heavy atom. The molecule has 0 radical (unpaired) electrons. The Hall–Kier alpha value is -0.770. The van der Waals surface area contributed by atoms with Crippen LogP contribution in [0.25, 0.3) is 0 Å². The molecule has 4 nitrogen and oxygen atoms in total. The van der Waals surface area contributed by atoms with Crippen molar-refractivity contribution in [2.75, 3.05) is 13.2 Å². The minimum atomic E-state index is 0.0300. The monoisotopic (exact) mass is 278 g/mol. The number of hydrogen-bond acceptors (Lipinski definition) is 2. The van der Waals surface area contributed by atoms with Crippen molar-refractivity contribution in [2.45, 2.75) is 63.0 Å². The normalized spacial score (nSPS) is 45.6. The zero-order chi connectivity index (χ0) is 13.6. The minimum absolute atomic E-state index is 0.0300. The van der Waals surface area contributed by atoms with Crippen LogP contribution in [0.4, 0.5) is 4.79 Å². The van der Waals surface area contributed by atoms with Crippen LogP contribution in [0.5, 0.6) is 0 Å². The SMILES string of the molecule is O=C(NCC1CCCO1)NC12CC3CC(CC(C3)C1)C2. The molecule has 1 saturated heterocycles. The molecule has 1 atom stereocenters. The van der Waals surface area contributed by atoms with E-state index in [-0.39, 0.29) is 17.7 Å². The molecule has 0 spiro atoms. The second-order valence-corrected chi connectivity index (χ2v) is 7.67. The molecule has 4 aliphatic carbocycles. The Kier molecular flexibility index (Phi) is 3.17. The highest BCUT2D eigenvalue weighted by Crippen LogP contribution is 2.55. The third-order valence-electron chi connectivity index (χ3n) is 5.93. The number of nitrogens with one attached hydrogen (secondary N) is 2. The van der Waals surface area contributed by atoms with E-state index in [4.69, 9.17) is 4.74 Å². The summed E-state index contributed by atoms with van der Waals surface area (Å²) >= 11 is 0. The van der Waals surface area contributed by atoms with Crippen molar-refractivity contribution < 1.29 is 9.53 Å². The topological polar surface area (TPSA) is 50.4 Å². The van der Waals surface area contributed by atoms with Gasteiger partial charge in [0.1, 0.15) is 0 Å². The van der Waals surface area contributed by atoms with Crippen LogP contribution in [-0.2, 0) is 4.74 Å². The predicted octanol–water partition coefficient (Wildman–Crippen LogP) is 2.43. The molecule has 2 N–H and O–H groups in total. The quantitative estimate of drug-likeness (QED) is 0.833. The van der Waals surface area contributed by atoms with Gasteiger partial charge in [0.2, 0.25) is 0 Å². The second kappa shape index (κ2) is 4.90. The molecule has 5 rings (SSSR count). The highest BCUT2D eigenvalue weighted by atomic mass is 16.5. The first-order valence-corrected chi connectivity index (χ1v) is 8.38. The average molecular weight is 278 g/mol. The number of urea groups is 1. The first kappa shape index (κ1) is 12.9. The lowest BCUT2D eigenvalue weighted by molar-refractivity contribution is -0.0137. The van der Waals surface area contributed by atoms with Crippen molar-refractivity contribution in [1.82, 2.24) is 10.6 Å². The van der Waals surface area contributed by atoms with Gasteiger partial charge in [-0.25, -0.2) is 4.79 Å². The molecule has 5 fully saturated rings. The summed E-state index contributed by atoms with van der Waals surface area (Å²) in [4.78, 5) is 12.2. The van der Waals surface area contributed by atoms with Gasteiger partial charge in [0.15, 0.2) is 0 Å². The molecular formula is C16H26N2O2. The maximum atomic E-state index is 12.2. The van der Waals surface area contributed by atoms with E-state index in [1.54, 1.807) is 0 Å². The molecule has 1 aliphatic heterocycles. The van der Waals surface area contributed by atoms with Crippen molar-refractivity contribution in [2.24, 2.45) is 17.8 Å². The molecule has 20 heavy (non-hydrogen) atoms. The maximum absolute atomic E-state index is 12.2. The number of carbonyl (C=O) groups is 1. The molecular weight excluding hydrogens is 252 g/mol. The third kappa shape index (κ3) is 2.43. The van der Waals surface area contributed by atoms with Crippen LogP contribution >= 0.6 is 0 Å². The van der Waals surface area contributed by atoms with E-state index in [0.717, 1.165) is 37.2 Å². The van der Waals surface area contributed by atoms with Crippen molar-refractivity contribution >= 4 is 6.03 Å². The van der Waals surface area contributed by atoms with E-state index in [2.05, 4.69) is 10.6 Å². The first-order chi connectivity index (χ1) is 9.71. The van der Waals surface area contributed by atoms with Gasteiger partial charge in [0, 0.05) is 18.7 Å². The number of carbonyl (C=O) groups excluding carboxylic acids is 1. The van der Waals surface area contributed by atoms with Gasteiger partial charge in [0.05, 0.1) is 6.10 Å². The van der Waals surface area contributed by atoms with E-state index < -0.39 is 0 Å². The molecule has 0 aromatic carbocycles. The van der Waals surface area contributed by atoms with Crippen LogP contribution in [0, 0.1) is 17.8 Å². The summed E-state index contributed by atoms with van der Waals surface area (Å²) in [5.41, 5.74) is 0.120. The van der Waals surface area contributed by atoms with Crippen molar-refractivity contribution in [3.05, 3.63) is 0 Å². The Morgan fingerprint density at radius 2 is 1.75 bits per heavy atom. The van der Waals surface area contributed by atoms with Gasteiger partial charge in [-0.2, -0.15) is 0 Å². The van der Waals surface area contributed by atoms with Gasteiger partial charge in [-0.3, -0.25) is 0 Å². The zero-order valence-electron chi connectivity index (χ0n) is 12.2. The van der Waals surface area contributed by atoms with Crippen molar-refractivity contribution in [1.29, 1.82) is 0 Å². The molecule has 0 aromatic rings. The summed E-state index contributed by atoms with van der Waals surface area (Å²) < 4.78 is 5.55. The van der Waals surface area contributed by atoms with E-state index in [1.165, 1.54) is 38.5 Å². The van der Waals surface area contributed by atoms with Gasteiger partial charge in [-0.15, -0.1) is 0 Å². The van der Waals surface area contributed by atoms with E-state index in [1.807, 2.05) is 0 Å². The van der Waals surface area contributed by atoms with Crippen LogP contribution < -0.4 is 10.6 Å². The summed E-state index contributed by atoms with van der Waals surface area (Å²) in [6.07, 6.45) is 10.3. The smallest absolute Gasteiger partial charge is 0.315 e. The minimum Gasteiger partial charge on any atom is -0.376 e. The lowest BCUT2D eigenvalue weighted by Crippen LogP contribution is -2.61. The van der Waals surface area contributed by atoms with Gasteiger partial charge >= 0.3 is 6.03 Å². The zero-order valence-corrected chi connectivity index (χ0v) is 12.2. The van der Waals surface area contributed by atoms with Gasteiger partial charge < -0.3 is 15.4 Å². The number of ether oxygens (including phenoxy) is 1. The molecule has 4 heteroatoms. The molecule has 1 heterocycles. The highest BCUT2D eigenvalue weighted by Gasteiger charge is 2.51. The fourth-order valence-electron chi connectivity index (χ4n) is 5.56. The Labute approximate surface area is 121 Å². The fourth-order valence-corrected chi connectivity index (χ4v) is 5.56. The maximum Gasteiger partial charge on any atom is 0.315 e. The molecule has 4 bridgehead atoms. The largest absolute Gasteiger partial charge is 0.376 e. The van der Waals surface area contributed by atoms with E-state index in [0.29, 0.717) is 6.54 Å². The third-order valence-corrected chi connectivity index (χ3v) is 5.93. The van der Waals surface area contributed by atoms with Crippen molar-refractivity contribution in [3.8, 4) is 0 Å². The molecule has 0 aromatic heterocycles. The van der Waals surface area contributed by atoms with Crippen LogP contribution in [0.1, 0.15) is 51.4 Å². The van der Waals surface area contributed by atoms with Gasteiger partial charge in [-0.1, -0.05) is 0 Å². The van der Waals surface area contributed by atoms with Crippen LogP contribution in [0.15, 0.2) is 0 Å². The van der Waals surface area contributed by atoms with Crippen LogP contribution in [0.2, 0.25) is 0 Å². The van der Waals surface area contributed by atoms with Crippen LogP contribution in [0.3, 0.4) is 0 Å². The standard InChI is InChI=1S/C16H26N2O2/c19-15(17-10-14-2-1-3-20-14)18-16-7-11-4-12(8-16)6-13(5-11)9-16/h11-14H,1-10H2,(H2,17,18,19). The Balaban J connectivity index is 1.32.